The number of aromatic nitrogens is 2. The number of nitrogens with one attached hydrogen (secondary N) is 2. The molecule has 1 atom stereocenters. The third kappa shape index (κ3) is 1.80. The van der Waals surface area contributed by atoms with Crippen LogP contribution < -0.4 is 5.32 Å². The third-order valence-electron chi connectivity index (χ3n) is 1.27. The number of halogens is 1. The zero-order chi connectivity index (χ0) is 7.40. The van der Waals surface area contributed by atoms with Crippen molar-refractivity contribution in [2.75, 3.05) is 7.05 Å². The molecule has 0 aromatic carbocycles. The maximum absolute atomic E-state index is 12.5. The maximum Gasteiger partial charge on any atom is 0.156 e. The second kappa shape index (κ2) is 3.31. The van der Waals surface area contributed by atoms with Crippen molar-refractivity contribution in [3.8, 4) is 0 Å². The summed E-state index contributed by atoms with van der Waals surface area (Å²) in [6, 6.07) is 0. The zero-order valence-electron chi connectivity index (χ0n) is 5.76. The first-order valence-corrected chi connectivity index (χ1v) is 3.11. The Labute approximate surface area is 58.7 Å². The fraction of sp³-hybridized carbons (Fsp3) is 0.500. The molecule has 0 aliphatic heterocycles. The van der Waals surface area contributed by atoms with Crippen molar-refractivity contribution in [1.82, 2.24) is 15.3 Å². The molecule has 1 unspecified atom stereocenters. The van der Waals surface area contributed by atoms with Crippen LogP contribution in [0.4, 0.5) is 4.39 Å². The van der Waals surface area contributed by atoms with Crippen molar-refractivity contribution in [3.63, 3.8) is 0 Å². The molecule has 1 heterocycles. The van der Waals surface area contributed by atoms with E-state index in [4.69, 9.17) is 0 Å². The third-order valence-corrected chi connectivity index (χ3v) is 1.27. The lowest BCUT2D eigenvalue weighted by Crippen LogP contribution is -2.22. The van der Waals surface area contributed by atoms with Gasteiger partial charge in [-0.05, 0) is 7.05 Å². The number of imidazole rings is 1. The van der Waals surface area contributed by atoms with E-state index in [1.54, 1.807) is 13.2 Å². The molecule has 0 amide bonds. The van der Waals surface area contributed by atoms with Crippen molar-refractivity contribution in [2.24, 2.45) is 0 Å². The van der Waals surface area contributed by atoms with Crippen molar-refractivity contribution in [1.29, 1.82) is 0 Å². The van der Waals surface area contributed by atoms with E-state index in [9.17, 15) is 4.39 Å². The van der Waals surface area contributed by atoms with Gasteiger partial charge in [0.15, 0.2) is 6.30 Å². The molecule has 10 heavy (non-hydrogen) atoms. The van der Waals surface area contributed by atoms with Crippen LogP contribution >= 0.6 is 0 Å². The molecular formula is C6H10FN3. The van der Waals surface area contributed by atoms with Crippen LogP contribution in [0.15, 0.2) is 12.5 Å². The summed E-state index contributed by atoms with van der Waals surface area (Å²) in [5.41, 5.74) is 0.807. The van der Waals surface area contributed by atoms with Gasteiger partial charge in [0.05, 0.1) is 6.33 Å². The molecule has 0 aliphatic rings. The van der Waals surface area contributed by atoms with E-state index < -0.39 is 6.30 Å². The summed E-state index contributed by atoms with van der Waals surface area (Å²) in [6.45, 7) is 0. The van der Waals surface area contributed by atoms with Crippen LogP contribution in [0.25, 0.3) is 0 Å². The summed E-state index contributed by atoms with van der Waals surface area (Å²) in [7, 11) is 1.58. The van der Waals surface area contributed by atoms with Gasteiger partial charge in [-0.3, -0.25) is 5.32 Å². The van der Waals surface area contributed by atoms with Gasteiger partial charge in [0, 0.05) is 18.3 Å². The summed E-state index contributed by atoms with van der Waals surface area (Å²) in [5, 5.41) is 2.49. The van der Waals surface area contributed by atoms with Crippen LogP contribution in [0.5, 0.6) is 0 Å². The lowest BCUT2D eigenvalue weighted by molar-refractivity contribution is 0.288. The van der Waals surface area contributed by atoms with Crippen molar-refractivity contribution in [2.45, 2.75) is 12.7 Å². The lowest BCUT2D eigenvalue weighted by atomic mass is 10.3. The monoisotopic (exact) mass is 143 g/mol. The molecule has 2 N–H and O–H groups in total. The highest BCUT2D eigenvalue weighted by atomic mass is 19.1. The number of nitrogens with zero attached hydrogens (tertiary/aromatic N) is 1. The van der Waals surface area contributed by atoms with E-state index in [1.165, 1.54) is 6.33 Å². The number of likely N-dealkylation sites (N-methyl/N-ethyl adjacent to an activating group) is 1. The quantitative estimate of drug-likeness (QED) is 0.604. The van der Waals surface area contributed by atoms with Gasteiger partial charge in [-0.1, -0.05) is 0 Å². The minimum absolute atomic E-state index is 0.344. The molecule has 0 saturated carbocycles. The highest BCUT2D eigenvalue weighted by molar-refractivity contribution is 4.95. The van der Waals surface area contributed by atoms with Crippen molar-refractivity contribution >= 4 is 0 Å². The molecule has 0 fully saturated rings. The second-order valence-corrected chi connectivity index (χ2v) is 2.04. The van der Waals surface area contributed by atoms with Crippen LogP contribution in [0.3, 0.4) is 0 Å². The average molecular weight is 143 g/mol. The number of hydrogen-bond donors (Lipinski definition) is 2. The van der Waals surface area contributed by atoms with Gasteiger partial charge in [-0.25, -0.2) is 9.37 Å². The second-order valence-electron chi connectivity index (χ2n) is 2.04. The van der Waals surface area contributed by atoms with E-state index in [-0.39, 0.29) is 0 Å². The Morgan fingerprint density at radius 1 is 1.90 bits per heavy atom. The summed E-state index contributed by atoms with van der Waals surface area (Å²) < 4.78 is 12.5. The lowest BCUT2D eigenvalue weighted by Gasteiger charge is -2.02. The molecule has 1 rings (SSSR count). The Balaban J connectivity index is 2.40. The van der Waals surface area contributed by atoms with E-state index in [0.717, 1.165) is 5.69 Å². The number of rotatable bonds is 3. The first-order valence-electron chi connectivity index (χ1n) is 3.11. The number of aromatic amines is 1. The van der Waals surface area contributed by atoms with Gasteiger partial charge < -0.3 is 4.98 Å². The summed E-state index contributed by atoms with van der Waals surface area (Å²) >= 11 is 0. The summed E-state index contributed by atoms with van der Waals surface area (Å²) in [6.07, 6.45) is 2.51. The van der Waals surface area contributed by atoms with E-state index in [2.05, 4.69) is 15.3 Å². The van der Waals surface area contributed by atoms with Gasteiger partial charge in [0.1, 0.15) is 0 Å². The number of hydrogen-bond acceptors (Lipinski definition) is 2. The topological polar surface area (TPSA) is 40.7 Å². The summed E-state index contributed by atoms with van der Waals surface area (Å²) in [4.78, 5) is 6.57. The molecular weight excluding hydrogens is 133 g/mol. The van der Waals surface area contributed by atoms with Crippen LogP contribution in [0, 0.1) is 0 Å². The smallest absolute Gasteiger partial charge is 0.156 e. The van der Waals surface area contributed by atoms with Crippen molar-refractivity contribution in [3.05, 3.63) is 18.2 Å². The van der Waals surface area contributed by atoms with Gasteiger partial charge in [0.2, 0.25) is 0 Å². The van der Waals surface area contributed by atoms with Crippen LogP contribution in [0.1, 0.15) is 5.69 Å². The van der Waals surface area contributed by atoms with E-state index >= 15 is 0 Å². The molecule has 4 heteroatoms. The maximum atomic E-state index is 12.5. The number of alkyl halides is 1. The Morgan fingerprint density at radius 2 is 2.70 bits per heavy atom. The minimum atomic E-state index is -0.986. The molecule has 0 spiro atoms. The summed E-state index contributed by atoms with van der Waals surface area (Å²) in [5.74, 6) is 0. The Morgan fingerprint density at radius 3 is 3.20 bits per heavy atom. The van der Waals surface area contributed by atoms with Crippen LogP contribution in [0.2, 0.25) is 0 Å². The SMILES string of the molecule is CNC(F)Cc1cnc[nH]1. The van der Waals surface area contributed by atoms with E-state index in [1.807, 2.05) is 0 Å². The van der Waals surface area contributed by atoms with Gasteiger partial charge in [-0.15, -0.1) is 0 Å². The van der Waals surface area contributed by atoms with Gasteiger partial charge in [-0.2, -0.15) is 0 Å². The zero-order valence-corrected chi connectivity index (χ0v) is 5.76. The van der Waals surface area contributed by atoms with Gasteiger partial charge >= 0.3 is 0 Å². The molecule has 3 nitrogen and oxygen atoms in total. The fourth-order valence-corrected chi connectivity index (χ4v) is 0.691. The largest absolute Gasteiger partial charge is 0.348 e. The van der Waals surface area contributed by atoms with Crippen LogP contribution in [-0.4, -0.2) is 23.3 Å². The Hall–Kier alpha value is -0.900. The van der Waals surface area contributed by atoms with E-state index in [0.29, 0.717) is 6.42 Å². The molecule has 1 aromatic rings. The highest BCUT2D eigenvalue weighted by Crippen LogP contribution is 1.97. The Bertz CT molecular complexity index is 173. The predicted molar refractivity (Wildman–Crippen MR) is 36.2 cm³/mol. The van der Waals surface area contributed by atoms with Crippen molar-refractivity contribution < 1.29 is 4.39 Å². The van der Waals surface area contributed by atoms with Crippen LogP contribution in [-0.2, 0) is 6.42 Å². The minimum Gasteiger partial charge on any atom is -0.348 e. The molecule has 0 aliphatic carbocycles. The molecule has 56 valence electrons. The average Bonchev–Trinajstić information content (AvgIpc) is 2.40. The Kier molecular flexibility index (Phi) is 2.39. The normalized spacial score (nSPS) is 13.4. The van der Waals surface area contributed by atoms with Gasteiger partial charge in [0.25, 0.3) is 0 Å². The highest BCUT2D eigenvalue weighted by Gasteiger charge is 2.03. The standard InChI is InChI=1S/C6H10FN3/c1-8-6(7)2-5-3-9-4-10-5/h3-4,6,8H,2H2,1H3,(H,9,10). The number of H-pyrrole nitrogens is 1. The fourth-order valence-electron chi connectivity index (χ4n) is 0.691. The molecule has 0 bridgehead atoms. The first kappa shape index (κ1) is 7.21. The molecule has 0 saturated heterocycles. The predicted octanol–water partition coefficient (Wildman–Crippen LogP) is 0.467. The molecule has 1 aromatic heterocycles. The molecule has 0 radical (unpaired) electrons. The first-order chi connectivity index (χ1) is 4.83.